The summed E-state index contributed by atoms with van der Waals surface area (Å²) >= 11 is 0. The molecule has 0 saturated heterocycles. The quantitative estimate of drug-likeness (QED) is 0.600. The molecule has 0 amide bonds. The first-order valence-corrected chi connectivity index (χ1v) is 5.14. The second-order valence-corrected chi connectivity index (χ2v) is 3.37. The summed E-state index contributed by atoms with van der Waals surface area (Å²) in [6.07, 6.45) is 0.981. The lowest BCUT2D eigenvalue weighted by Crippen LogP contribution is -2.40. The average Bonchev–Trinajstić information content (AvgIpc) is 2.02. The molecule has 5 heteroatoms. The Morgan fingerprint density at radius 2 is 1.60 bits per heavy atom. The molecule has 0 spiro atoms. The number of hydrogen-bond acceptors (Lipinski definition) is 4. The lowest BCUT2D eigenvalue weighted by Gasteiger charge is -2.27. The van der Waals surface area contributed by atoms with Gasteiger partial charge in [0.05, 0.1) is 0 Å². The third-order valence-electron chi connectivity index (χ3n) is 1.73. The Kier molecular flexibility index (Phi) is 11.1. The monoisotopic (exact) mass is 221 g/mol. The zero-order chi connectivity index (χ0) is 12.4. The molecule has 0 aliphatic carbocycles. The van der Waals surface area contributed by atoms with Crippen LogP contribution in [0.3, 0.4) is 0 Å². The van der Waals surface area contributed by atoms with Crippen LogP contribution in [0.15, 0.2) is 0 Å². The van der Waals surface area contributed by atoms with E-state index in [1.807, 2.05) is 0 Å². The molecule has 2 unspecified atom stereocenters. The molecule has 0 aromatic rings. The lowest BCUT2D eigenvalue weighted by atomic mass is 10.3. The normalized spacial score (nSPS) is 14.1. The Balaban J connectivity index is 0. The second-order valence-electron chi connectivity index (χ2n) is 3.37. The maximum absolute atomic E-state index is 9.18. The number of rotatable bonds is 5. The highest BCUT2D eigenvalue weighted by atomic mass is 16.4. The van der Waals surface area contributed by atoms with Gasteiger partial charge in [-0.15, -0.1) is 0 Å². The lowest BCUT2D eigenvalue weighted by molar-refractivity contribution is -0.134. The molecule has 3 N–H and O–H groups in total. The minimum absolute atomic E-state index is 0.554. The number of aliphatic hydroxyl groups is 2. The fourth-order valence-corrected chi connectivity index (χ4v) is 1.03. The fourth-order valence-electron chi connectivity index (χ4n) is 1.03. The van der Waals surface area contributed by atoms with E-state index in [9.17, 15) is 10.2 Å². The molecule has 0 saturated carbocycles. The minimum Gasteiger partial charge on any atom is -0.481 e. The van der Waals surface area contributed by atoms with E-state index in [4.69, 9.17) is 9.90 Å². The van der Waals surface area contributed by atoms with Crippen LogP contribution in [0.4, 0.5) is 0 Å². The van der Waals surface area contributed by atoms with Gasteiger partial charge in [0.15, 0.2) is 0 Å². The SMILES string of the molecule is CC(=O)O.CCCCN(C(C)O)C(C)O. The molecule has 0 aromatic carbocycles. The van der Waals surface area contributed by atoms with Crippen molar-refractivity contribution in [2.75, 3.05) is 6.54 Å². The van der Waals surface area contributed by atoms with E-state index >= 15 is 0 Å². The molecule has 0 rings (SSSR count). The maximum atomic E-state index is 9.18. The van der Waals surface area contributed by atoms with Crippen molar-refractivity contribution in [3.8, 4) is 0 Å². The second kappa shape index (κ2) is 9.89. The number of carboxylic acids is 1. The highest BCUT2D eigenvalue weighted by Crippen LogP contribution is 2.03. The molecular weight excluding hydrogens is 198 g/mol. The summed E-state index contributed by atoms with van der Waals surface area (Å²) in [5.74, 6) is -0.833. The summed E-state index contributed by atoms with van der Waals surface area (Å²) < 4.78 is 0. The molecule has 0 aliphatic rings. The number of aliphatic carboxylic acids is 1. The number of unbranched alkanes of at least 4 members (excludes halogenated alkanes) is 1. The number of carbonyl (C=O) groups is 1. The summed E-state index contributed by atoms with van der Waals surface area (Å²) in [5.41, 5.74) is 0. The molecule has 15 heavy (non-hydrogen) atoms. The van der Waals surface area contributed by atoms with Gasteiger partial charge < -0.3 is 15.3 Å². The van der Waals surface area contributed by atoms with Crippen molar-refractivity contribution >= 4 is 5.97 Å². The van der Waals surface area contributed by atoms with Crippen LogP contribution in [-0.2, 0) is 4.79 Å². The van der Waals surface area contributed by atoms with E-state index in [2.05, 4.69) is 6.92 Å². The number of nitrogens with zero attached hydrogens (tertiary/aromatic N) is 1. The van der Waals surface area contributed by atoms with Crippen molar-refractivity contribution in [1.29, 1.82) is 0 Å². The van der Waals surface area contributed by atoms with Crippen LogP contribution in [-0.4, -0.2) is 45.2 Å². The molecular formula is C10H23NO4. The summed E-state index contributed by atoms with van der Waals surface area (Å²) in [4.78, 5) is 10.7. The van der Waals surface area contributed by atoms with Crippen LogP contribution in [0, 0.1) is 0 Å². The molecule has 0 aromatic heterocycles. The third kappa shape index (κ3) is 13.3. The van der Waals surface area contributed by atoms with Gasteiger partial charge in [0.2, 0.25) is 0 Å². The summed E-state index contributed by atoms with van der Waals surface area (Å²) in [7, 11) is 0. The first kappa shape index (κ1) is 16.8. The molecule has 0 heterocycles. The van der Waals surface area contributed by atoms with Crippen LogP contribution in [0.2, 0.25) is 0 Å². The first-order chi connectivity index (χ1) is 6.82. The van der Waals surface area contributed by atoms with Crippen molar-refractivity contribution in [2.45, 2.75) is 53.0 Å². The van der Waals surface area contributed by atoms with Crippen LogP contribution in [0.25, 0.3) is 0 Å². The third-order valence-corrected chi connectivity index (χ3v) is 1.73. The molecule has 0 fully saturated rings. The Bertz CT molecular complexity index is 148. The van der Waals surface area contributed by atoms with E-state index in [1.54, 1.807) is 18.7 Å². The zero-order valence-electron chi connectivity index (χ0n) is 9.97. The minimum atomic E-state index is -0.833. The van der Waals surface area contributed by atoms with Crippen molar-refractivity contribution < 1.29 is 20.1 Å². The smallest absolute Gasteiger partial charge is 0.300 e. The van der Waals surface area contributed by atoms with Crippen LogP contribution in [0.5, 0.6) is 0 Å². The predicted molar refractivity (Wildman–Crippen MR) is 58.3 cm³/mol. The molecule has 2 atom stereocenters. The predicted octanol–water partition coefficient (Wildman–Crippen LogP) is 0.856. The fraction of sp³-hybridized carbons (Fsp3) is 0.900. The van der Waals surface area contributed by atoms with Gasteiger partial charge in [0.1, 0.15) is 12.5 Å². The Hall–Kier alpha value is -0.650. The number of aliphatic hydroxyl groups excluding tert-OH is 2. The van der Waals surface area contributed by atoms with Gasteiger partial charge in [0.25, 0.3) is 5.97 Å². The highest BCUT2D eigenvalue weighted by Gasteiger charge is 2.14. The van der Waals surface area contributed by atoms with E-state index in [0.717, 1.165) is 26.3 Å². The average molecular weight is 221 g/mol. The standard InChI is InChI=1S/C8H19NO2.C2H4O2/c1-4-5-6-9(7(2)10)8(3)11;1-2(3)4/h7-8,10-11H,4-6H2,1-3H3;1H3,(H,3,4). The Labute approximate surface area is 91.3 Å². The van der Waals surface area contributed by atoms with Crippen molar-refractivity contribution in [3.05, 3.63) is 0 Å². The van der Waals surface area contributed by atoms with Gasteiger partial charge >= 0.3 is 0 Å². The summed E-state index contributed by atoms with van der Waals surface area (Å²) in [6, 6.07) is 0. The summed E-state index contributed by atoms with van der Waals surface area (Å²) in [5, 5.41) is 25.8. The molecule has 5 nitrogen and oxygen atoms in total. The van der Waals surface area contributed by atoms with Gasteiger partial charge in [-0.3, -0.25) is 9.69 Å². The van der Waals surface area contributed by atoms with E-state index in [1.165, 1.54) is 0 Å². The van der Waals surface area contributed by atoms with Gasteiger partial charge in [-0.1, -0.05) is 13.3 Å². The maximum Gasteiger partial charge on any atom is 0.300 e. The van der Waals surface area contributed by atoms with Gasteiger partial charge in [0, 0.05) is 13.5 Å². The van der Waals surface area contributed by atoms with E-state index in [0.29, 0.717) is 0 Å². The molecule has 92 valence electrons. The van der Waals surface area contributed by atoms with Crippen LogP contribution in [0.1, 0.15) is 40.5 Å². The van der Waals surface area contributed by atoms with Gasteiger partial charge in [-0.05, 0) is 20.3 Å². The van der Waals surface area contributed by atoms with E-state index in [-0.39, 0.29) is 0 Å². The topological polar surface area (TPSA) is 81.0 Å². The largest absolute Gasteiger partial charge is 0.481 e. The van der Waals surface area contributed by atoms with E-state index < -0.39 is 18.4 Å². The molecule has 0 bridgehead atoms. The van der Waals surface area contributed by atoms with Crippen LogP contribution >= 0.6 is 0 Å². The van der Waals surface area contributed by atoms with Crippen molar-refractivity contribution in [1.82, 2.24) is 4.90 Å². The Morgan fingerprint density at radius 1 is 1.27 bits per heavy atom. The first-order valence-electron chi connectivity index (χ1n) is 5.14. The van der Waals surface area contributed by atoms with Gasteiger partial charge in [-0.2, -0.15) is 0 Å². The van der Waals surface area contributed by atoms with Crippen molar-refractivity contribution in [2.24, 2.45) is 0 Å². The number of carboxylic acid groups (broad SMARTS) is 1. The number of hydrogen-bond donors (Lipinski definition) is 3. The highest BCUT2D eigenvalue weighted by molar-refractivity contribution is 5.62. The molecule has 0 radical (unpaired) electrons. The summed E-state index contributed by atoms with van der Waals surface area (Å²) in [6.45, 7) is 7.26. The zero-order valence-corrected chi connectivity index (χ0v) is 9.97. The van der Waals surface area contributed by atoms with Crippen LogP contribution < -0.4 is 0 Å². The Morgan fingerprint density at radius 3 is 1.80 bits per heavy atom. The van der Waals surface area contributed by atoms with Crippen molar-refractivity contribution in [3.63, 3.8) is 0 Å². The van der Waals surface area contributed by atoms with Gasteiger partial charge in [-0.25, -0.2) is 0 Å². The molecule has 0 aliphatic heterocycles.